The van der Waals surface area contributed by atoms with Crippen LogP contribution in [0.15, 0.2) is 30.3 Å². The Balaban J connectivity index is 2.23. The number of methoxy groups -OCH3 is 1. The van der Waals surface area contributed by atoms with E-state index in [1.165, 1.54) is 13.2 Å². The first-order valence-electron chi connectivity index (χ1n) is 7.55. The van der Waals surface area contributed by atoms with Gasteiger partial charge in [-0.2, -0.15) is 0 Å². The van der Waals surface area contributed by atoms with Gasteiger partial charge in [0, 0.05) is 11.6 Å². The summed E-state index contributed by atoms with van der Waals surface area (Å²) in [5.41, 5.74) is 9.23. The third-order valence-corrected chi connectivity index (χ3v) is 3.95. The summed E-state index contributed by atoms with van der Waals surface area (Å²) in [7, 11) is 1.51. The number of hydrogen-bond donors (Lipinski definition) is 1. The Bertz CT molecular complexity index is 796. The molecule has 0 aliphatic rings. The van der Waals surface area contributed by atoms with E-state index in [-0.39, 0.29) is 23.7 Å². The Kier molecular flexibility index (Phi) is 5.24. The van der Waals surface area contributed by atoms with Crippen LogP contribution in [0.3, 0.4) is 0 Å². The summed E-state index contributed by atoms with van der Waals surface area (Å²) in [6, 6.07) is 8.50. The Morgan fingerprint density at radius 3 is 2.25 bits per heavy atom. The van der Waals surface area contributed by atoms with Crippen LogP contribution >= 0.6 is 0 Å². The quantitative estimate of drug-likeness (QED) is 0.827. The second kappa shape index (κ2) is 7.17. The number of benzene rings is 2. The van der Waals surface area contributed by atoms with Gasteiger partial charge in [0.05, 0.1) is 12.7 Å². The van der Waals surface area contributed by atoms with Crippen LogP contribution in [0.2, 0.25) is 0 Å². The van der Waals surface area contributed by atoms with Crippen LogP contribution in [0.25, 0.3) is 0 Å². The molecule has 5 heteroatoms. The fourth-order valence-electron chi connectivity index (χ4n) is 2.43. The van der Waals surface area contributed by atoms with E-state index < -0.39 is 5.91 Å². The summed E-state index contributed by atoms with van der Waals surface area (Å²) in [4.78, 5) is 24.0. The summed E-state index contributed by atoms with van der Waals surface area (Å²) in [6.07, 6.45) is 0. The molecule has 0 fully saturated rings. The Morgan fingerprint density at radius 1 is 0.958 bits per heavy atom. The molecule has 2 aromatic carbocycles. The highest BCUT2D eigenvalue weighted by atomic mass is 16.5. The van der Waals surface area contributed by atoms with Gasteiger partial charge >= 0.3 is 0 Å². The molecule has 0 unspecified atom stereocenters. The Hall–Kier alpha value is -2.82. The normalized spacial score (nSPS) is 10.3. The molecular weight excluding hydrogens is 306 g/mol. The SMILES string of the molecule is COc1ccc(C(N)=O)c(OCC(=O)c2cc(C)c(C)cc2C)c1. The standard InChI is InChI=1S/C19H21NO4/c1-11-7-13(3)16(8-12(11)2)17(21)10-24-18-9-14(23-4)5-6-15(18)19(20)22/h5-9H,10H2,1-4H3,(H2,20,22). The van der Waals surface area contributed by atoms with Crippen LogP contribution in [0.4, 0.5) is 0 Å². The summed E-state index contributed by atoms with van der Waals surface area (Å²) in [5, 5.41) is 0. The van der Waals surface area contributed by atoms with E-state index in [0.717, 1.165) is 16.7 Å². The van der Waals surface area contributed by atoms with Crippen molar-refractivity contribution in [3.8, 4) is 11.5 Å². The lowest BCUT2D eigenvalue weighted by molar-refractivity contribution is 0.0911. The van der Waals surface area contributed by atoms with Crippen molar-refractivity contribution >= 4 is 11.7 Å². The summed E-state index contributed by atoms with van der Waals surface area (Å²) in [6.45, 7) is 5.67. The second-order valence-corrected chi connectivity index (χ2v) is 5.69. The number of primary amides is 1. The number of rotatable bonds is 6. The average Bonchev–Trinajstić information content (AvgIpc) is 2.55. The topological polar surface area (TPSA) is 78.6 Å². The number of Topliss-reactive ketones (excluding diaryl/α,β-unsaturated/α-hetero) is 1. The molecule has 0 aromatic heterocycles. The number of hydrogen-bond acceptors (Lipinski definition) is 4. The average molecular weight is 327 g/mol. The fourth-order valence-corrected chi connectivity index (χ4v) is 2.43. The van der Waals surface area contributed by atoms with E-state index in [1.807, 2.05) is 32.9 Å². The van der Waals surface area contributed by atoms with Crippen molar-refractivity contribution in [2.45, 2.75) is 20.8 Å². The van der Waals surface area contributed by atoms with Gasteiger partial charge in [-0.25, -0.2) is 0 Å². The largest absolute Gasteiger partial charge is 0.497 e. The predicted molar refractivity (Wildman–Crippen MR) is 92.0 cm³/mol. The van der Waals surface area contributed by atoms with Gasteiger partial charge in [-0.3, -0.25) is 9.59 Å². The zero-order chi connectivity index (χ0) is 17.9. The highest BCUT2D eigenvalue weighted by Crippen LogP contribution is 2.25. The third kappa shape index (κ3) is 3.74. The van der Waals surface area contributed by atoms with Crippen molar-refractivity contribution in [2.24, 2.45) is 5.73 Å². The molecule has 126 valence electrons. The molecule has 0 aliphatic carbocycles. The van der Waals surface area contributed by atoms with E-state index in [4.69, 9.17) is 15.2 Å². The Morgan fingerprint density at radius 2 is 1.62 bits per heavy atom. The molecule has 0 saturated carbocycles. The van der Waals surface area contributed by atoms with Gasteiger partial charge in [-0.1, -0.05) is 6.07 Å². The van der Waals surface area contributed by atoms with Crippen LogP contribution in [0.1, 0.15) is 37.4 Å². The molecular formula is C19H21NO4. The van der Waals surface area contributed by atoms with Crippen molar-refractivity contribution < 1.29 is 19.1 Å². The number of aryl methyl sites for hydroxylation is 3. The molecule has 24 heavy (non-hydrogen) atoms. The first-order valence-corrected chi connectivity index (χ1v) is 7.55. The number of nitrogens with two attached hydrogens (primary N) is 1. The smallest absolute Gasteiger partial charge is 0.252 e. The molecule has 0 atom stereocenters. The van der Waals surface area contributed by atoms with Crippen LogP contribution in [0.5, 0.6) is 11.5 Å². The van der Waals surface area contributed by atoms with E-state index in [2.05, 4.69) is 0 Å². The summed E-state index contributed by atoms with van der Waals surface area (Å²) in [5.74, 6) is -0.0298. The van der Waals surface area contributed by atoms with E-state index in [1.54, 1.807) is 12.1 Å². The third-order valence-electron chi connectivity index (χ3n) is 3.95. The number of carbonyl (C=O) groups is 2. The Labute approximate surface area is 141 Å². The predicted octanol–water partition coefficient (Wildman–Crippen LogP) is 2.98. The first kappa shape index (κ1) is 17.5. The molecule has 0 bridgehead atoms. The molecule has 2 N–H and O–H groups in total. The minimum absolute atomic E-state index is 0.158. The van der Waals surface area contributed by atoms with Gasteiger partial charge < -0.3 is 15.2 Å². The number of carbonyl (C=O) groups excluding carboxylic acids is 2. The maximum Gasteiger partial charge on any atom is 0.252 e. The van der Waals surface area contributed by atoms with Crippen molar-refractivity contribution in [1.29, 1.82) is 0 Å². The van der Waals surface area contributed by atoms with E-state index in [0.29, 0.717) is 11.3 Å². The number of ether oxygens (including phenoxy) is 2. The van der Waals surface area contributed by atoms with Crippen LogP contribution < -0.4 is 15.2 Å². The molecule has 0 heterocycles. The van der Waals surface area contributed by atoms with Crippen molar-refractivity contribution in [2.75, 3.05) is 13.7 Å². The van der Waals surface area contributed by atoms with Crippen molar-refractivity contribution in [3.63, 3.8) is 0 Å². The van der Waals surface area contributed by atoms with Gasteiger partial charge in [0.25, 0.3) is 5.91 Å². The molecule has 2 aromatic rings. The number of ketones is 1. The fraction of sp³-hybridized carbons (Fsp3) is 0.263. The summed E-state index contributed by atoms with van der Waals surface area (Å²) < 4.78 is 10.7. The van der Waals surface area contributed by atoms with Gasteiger partial charge in [-0.15, -0.1) is 0 Å². The van der Waals surface area contributed by atoms with Crippen molar-refractivity contribution in [3.05, 3.63) is 58.1 Å². The highest BCUT2D eigenvalue weighted by Gasteiger charge is 2.15. The lowest BCUT2D eigenvalue weighted by Crippen LogP contribution is -2.17. The van der Waals surface area contributed by atoms with Gasteiger partial charge in [0.2, 0.25) is 0 Å². The molecule has 0 spiro atoms. The maximum absolute atomic E-state index is 12.5. The first-order chi connectivity index (χ1) is 11.3. The highest BCUT2D eigenvalue weighted by molar-refractivity contribution is 5.99. The van der Waals surface area contributed by atoms with Crippen LogP contribution in [0, 0.1) is 20.8 Å². The second-order valence-electron chi connectivity index (χ2n) is 5.69. The van der Waals surface area contributed by atoms with Crippen LogP contribution in [-0.2, 0) is 0 Å². The van der Waals surface area contributed by atoms with Crippen molar-refractivity contribution in [1.82, 2.24) is 0 Å². The molecule has 0 aliphatic heterocycles. The molecule has 5 nitrogen and oxygen atoms in total. The minimum Gasteiger partial charge on any atom is -0.497 e. The van der Waals surface area contributed by atoms with E-state index >= 15 is 0 Å². The maximum atomic E-state index is 12.5. The molecule has 0 saturated heterocycles. The zero-order valence-corrected chi connectivity index (χ0v) is 14.3. The minimum atomic E-state index is -0.623. The lowest BCUT2D eigenvalue weighted by Gasteiger charge is -2.12. The molecule has 1 amide bonds. The van der Waals surface area contributed by atoms with Crippen LogP contribution in [-0.4, -0.2) is 25.4 Å². The number of amides is 1. The summed E-state index contributed by atoms with van der Waals surface area (Å²) >= 11 is 0. The van der Waals surface area contributed by atoms with Gasteiger partial charge in [-0.05, 0) is 55.7 Å². The van der Waals surface area contributed by atoms with E-state index in [9.17, 15) is 9.59 Å². The monoisotopic (exact) mass is 327 g/mol. The van der Waals surface area contributed by atoms with Gasteiger partial charge in [0.15, 0.2) is 12.4 Å². The zero-order valence-electron chi connectivity index (χ0n) is 14.3. The molecule has 0 radical (unpaired) electrons. The lowest BCUT2D eigenvalue weighted by atomic mass is 9.98. The molecule has 2 rings (SSSR count). The van der Waals surface area contributed by atoms with Gasteiger partial charge in [0.1, 0.15) is 11.5 Å².